The van der Waals surface area contributed by atoms with Crippen LogP contribution in [0.25, 0.3) is 0 Å². The fourth-order valence-corrected chi connectivity index (χ4v) is 2.97. The summed E-state index contributed by atoms with van der Waals surface area (Å²) in [4.78, 5) is 18.5. The molecule has 8 heteroatoms. The first kappa shape index (κ1) is 20.5. The van der Waals surface area contributed by atoms with Crippen molar-refractivity contribution in [3.63, 3.8) is 0 Å². The summed E-state index contributed by atoms with van der Waals surface area (Å²) < 4.78 is 44.3. The lowest BCUT2D eigenvalue weighted by Crippen LogP contribution is -2.52. The van der Waals surface area contributed by atoms with Crippen LogP contribution >= 0.6 is 0 Å². The topological polar surface area (TPSA) is 54.5 Å². The number of ether oxygens (including phenoxy) is 1. The highest BCUT2D eigenvalue weighted by molar-refractivity contribution is 5.82. The maximum absolute atomic E-state index is 13.0. The van der Waals surface area contributed by atoms with Gasteiger partial charge in [-0.25, -0.2) is 4.98 Å². The quantitative estimate of drug-likeness (QED) is 0.862. The number of likely N-dealkylation sites (tertiary alicyclic amines) is 1. The van der Waals surface area contributed by atoms with E-state index in [1.54, 1.807) is 13.8 Å². The molecule has 0 radical (unpaired) electrons. The Morgan fingerprint density at radius 3 is 2.73 bits per heavy atom. The Hall–Kier alpha value is -1.83. The molecule has 2 atom stereocenters. The second-order valence-electron chi connectivity index (χ2n) is 7.63. The third kappa shape index (κ3) is 5.09. The van der Waals surface area contributed by atoms with E-state index in [-0.39, 0.29) is 18.6 Å². The third-order valence-electron chi connectivity index (χ3n) is 4.69. The van der Waals surface area contributed by atoms with E-state index in [0.29, 0.717) is 5.92 Å². The number of piperidine rings is 1. The largest absolute Gasteiger partial charge is 0.476 e. The molecular weight excluding hydrogens is 347 g/mol. The number of aromatic nitrogens is 1. The fourth-order valence-electron chi connectivity index (χ4n) is 2.97. The molecule has 0 spiro atoms. The summed E-state index contributed by atoms with van der Waals surface area (Å²) in [5, 5.41) is 3.02. The predicted molar refractivity (Wildman–Crippen MR) is 91.7 cm³/mol. The maximum Gasteiger partial charge on any atom is 0.421 e. The molecule has 1 aliphatic heterocycles. The zero-order valence-corrected chi connectivity index (χ0v) is 15.6. The van der Waals surface area contributed by atoms with E-state index >= 15 is 0 Å². The van der Waals surface area contributed by atoms with Crippen molar-refractivity contribution in [2.24, 2.45) is 11.3 Å². The molecule has 1 aliphatic rings. The number of rotatable bonds is 5. The molecule has 1 aromatic heterocycles. The van der Waals surface area contributed by atoms with Crippen LogP contribution in [0, 0.1) is 11.3 Å². The smallest absolute Gasteiger partial charge is 0.421 e. The van der Waals surface area contributed by atoms with Crippen LogP contribution in [0.3, 0.4) is 0 Å². The Morgan fingerprint density at radius 1 is 1.42 bits per heavy atom. The molecule has 1 amide bonds. The molecule has 1 fully saturated rings. The highest BCUT2D eigenvalue weighted by atomic mass is 19.4. The molecule has 0 aliphatic carbocycles. The van der Waals surface area contributed by atoms with Crippen LogP contribution in [0.4, 0.5) is 13.2 Å². The molecule has 1 N–H and O–H groups in total. The summed E-state index contributed by atoms with van der Waals surface area (Å²) in [6.07, 6.45) is -2.48. The first-order valence-corrected chi connectivity index (χ1v) is 8.65. The zero-order chi connectivity index (χ0) is 19.5. The van der Waals surface area contributed by atoms with Crippen LogP contribution in [0.1, 0.15) is 32.8 Å². The molecule has 0 bridgehead atoms. The number of halogens is 3. The van der Waals surface area contributed by atoms with Crippen molar-refractivity contribution in [3.8, 4) is 5.88 Å². The third-order valence-corrected chi connectivity index (χ3v) is 4.69. The number of alkyl halides is 3. The summed E-state index contributed by atoms with van der Waals surface area (Å²) >= 11 is 0. The number of nitrogens with one attached hydrogen (secondary N) is 1. The Morgan fingerprint density at radius 2 is 2.12 bits per heavy atom. The standard InChI is InChI=1S/C18H26F3N3O2/c1-12-10-24(4)9-7-14(12)23-16(25)17(2,3)11-26-15-13(18(19,20)21)6-5-8-22-15/h5-6,8,12,14H,7,9-11H2,1-4H3,(H,23,25)/t12-,14-/m0/s1. The lowest BCUT2D eigenvalue weighted by Gasteiger charge is -2.37. The molecule has 2 rings (SSSR count). The van der Waals surface area contributed by atoms with Crippen LogP contribution in [0.15, 0.2) is 18.3 Å². The van der Waals surface area contributed by atoms with Gasteiger partial charge in [-0.05, 0) is 51.9 Å². The average Bonchev–Trinajstić information content (AvgIpc) is 2.55. The van der Waals surface area contributed by atoms with Gasteiger partial charge in [-0.1, -0.05) is 6.92 Å². The van der Waals surface area contributed by atoms with Gasteiger partial charge in [0, 0.05) is 18.8 Å². The van der Waals surface area contributed by atoms with E-state index in [1.807, 2.05) is 7.05 Å². The normalized spacial score (nSPS) is 22.1. The molecule has 0 unspecified atom stereocenters. The molecule has 146 valence electrons. The van der Waals surface area contributed by atoms with Gasteiger partial charge in [-0.15, -0.1) is 0 Å². The Kier molecular flexibility index (Phi) is 6.16. The summed E-state index contributed by atoms with van der Waals surface area (Å²) in [5.74, 6) is -0.432. The SMILES string of the molecule is C[C@H]1CN(C)CC[C@@H]1NC(=O)C(C)(C)COc1ncccc1C(F)(F)F. The fraction of sp³-hybridized carbons (Fsp3) is 0.667. The molecule has 0 aromatic carbocycles. The van der Waals surface area contributed by atoms with E-state index < -0.39 is 23.0 Å². The molecule has 5 nitrogen and oxygen atoms in total. The highest BCUT2D eigenvalue weighted by Crippen LogP contribution is 2.35. The van der Waals surface area contributed by atoms with E-state index in [9.17, 15) is 18.0 Å². The van der Waals surface area contributed by atoms with Crippen molar-refractivity contribution in [2.75, 3.05) is 26.7 Å². The van der Waals surface area contributed by atoms with E-state index in [0.717, 1.165) is 25.6 Å². The summed E-state index contributed by atoms with van der Waals surface area (Å²) in [5.41, 5.74) is -1.93. The highest BCUT2D eigenvalue weighted by Gasteiger charge is 2.37. The number of hydrogen-bond donors (Lipinski definition) is 1. The van der Waals surface area contributed by atoms with Gasteiger partial charge in [0.15, 0.2) is 0 Å². The van der Waals surface area contributed by atoms with Gasteiger partial charge in [-0.3, -0.25) is 4.79 Å². The van der Waals surface area contributed by atoms with Crippen molar-refractivity contribution in [1.82, 2.24) is 15.2 Å². The van der Waals surface area contributed by atoms with Crippen molar-refractivity contribution < 1.29 is 22.7 Å². The van der Waals surface area contributed by atoms with Crippen molar-refractivity contribution >= 4 is 5.91 Å². The lowest BCUT2D eigenvalue weighted by atomic mass is 9.89. The number of amides is 1. The zero-order valence-electron chi connectivity index (χ0n) is 15.6. The van der Waals surface area contributed by atoms with Crippen molar-refractivity contribution in [2.45, 2.75) is 39.4 Å². The Balaban J connectivity index is 1.99. The number of carbonyl (C=O) groups is 1. The monoisotopic (exact) mass is 373 g/mol. The molecule has 1 aromatic rings. The Labute approximate surface area is 151 Å². The molecule has 2 heterocycles. The van der Waals surface area contributed by atoms with Gasteiger partial charge in [0.05, 0.1) is 5.41 Å². The van der Waals surface area contributed by atoms with Gasteiger partial charge in [0.2, 0.25) is 11.8 Å². The second kappa shape index (κ2) is 7.82. The summed E-state index contributed by atoms with van der Waals surface area (Å²) in [6, 6.07) is 2.17. The maximum atomic E-state index is 13.0. The first-order chi connectivity index (χ1) is 12.0. The van der Waals surface area contributed by atoms with Crippen LogP contribution in [0.5, 0.6) is 5.88 Å². The van der Waals surface area contributed by atoms with E-state index in [1.165, 1.54) is 12.3 Å². The van der Waals surface area contributed by atoms with Crippen molar-refractivity contribution in [1.29, 1.82) is 0 Å². The van der Waals surface area contributed by atoms with Crippen molar-refractivity contribution in [3.05, 3.63) is 23.9 Å². The van der Waals surface area contributed by atoms with Gasteiger partial charge >= 0.3 is 6.18 Å². The predicted octanol–water partition coefficient (Wildman–Crippen LogP) is 2.96. The van der Waals surface area contributed by atoms with Crippen LogP contribution in [-0.4, -0.2) is 48.6 Å². The number of nitrogens with zero attached hydrogens (tertiary/aromatic N) is 2. The van der Waals surface area contributed by atoms with Gasteiger partial charge < -0.3 is 15.0 Å². The number of hydrogen-bond acceptors (Lipinski definition) is 4. The molecule has 1 saturated heterocycles. The number of carbonyl (C=O) groups excluding carboxylic acids is 1. The van der Waals surface area contributed by atoms with Gasteiger partial charge in [0.25, 0.3) is 0 Å². The number of pyridine rings is 1. The second-order valence-corrected chi connectivity index (χ2v) is 7.63. The first-order valence-electron chi connectivity index (χ1n) is 8.65. The van der Waals surface area contributed by atoms with Gasteiger partial charge in [0.1, 0.15) is 12.2 Å². The Bertz CT molecular complexity index is 634. The lowest BCUT2D eigenvalue weighted by molar-refractivity contribution is -0.139. The van der Waals surface area contributed by atoms with Crippen LogP contribution in [0.2, 0.25) is 0 Å². The molecular formula is C18H26F3N3O2. The van der Waals surface area contributed by atoms with Gasteiger partial charge in [-0.2, -0.15) is 13.2 Å². The minimum atomic E-state index is -4.56. The molecule has 26 heavy (non-hydrogen) atoms. The average molecular weight is 373 g/mol. The van der Waals surface area contributed by atoms with E-state index in [2.05, 4.69) is 22.1 Å². The van der Waals surface area contributed by atoms with Crippen LogP contribution in [-0.2, 0) is 11.0 Å². The summed E-state index contributed by atoms with van der Waals surface area (Å²) in [7, 11) is 2.04. The molecule has 0 saturated carbocycles. The minimum absolute atomic E-state index is 0.0542. The minimum Gasteiger partial charge on any atom is -0.476 e. The van der Waals surface area contributed by atoms with Crippen LogP contribution < -0.4 is 10.1 Å². The summed E-state index contributed by atoms with van der Waals surface area (Å²) in [6.45, 7) is 6.98. The van der Waals surface area contributed by atoms with E-state index in [4.69, 9.17) is 4.74 Å².